The molecule has 0 aromatic heterocycles. The Labute approximate surface area is 139 Å². The van der Waals surface area contributed by atoms with E-state index in [9.17, 15) is 8.42 Å². The minimum absolute atomic E-state index is 0.135. The fourth-order valence-electron chi connectivity index (χ4n) is 2.98. The molecule has 0 unspecified atom stereocenters. The maximum atomic E-state index is 12.7. The zero-order valence-corrected chi connectivity index (χ0v) is 15.1. The van der Waals surface area contributed by atoms with Crippen LogP contribution in [0.2, 0.25) is 0 Å². The number of rotatable bonds is 7. The molecule has 0 saturated carbocycles. The van der Waals surface area contributed by atoms with Crippen molar-refractivity contribution < 1.29 is 13.5 Å². The number of nitrogens with zero attached hydrogens (tertiary/aromatic N) is 1. The first-order valence-electron chi connectivity index (χ1n) is 8.15. The first kappa shape index (κ1) is 18.4. The summed E-state index contributed by atoms with van der Waals surface area (Å²) < 4.78 is 28.2. The highest BCUT2D eigenvalue weighted by molar-refractivity contribution is 7.89. The molecule has 2 N–H and O–H groups in total. The van der Waals surface area contributed by atoms with E-state index in [0.717, 1.165) is 37.1 Å². The van der Waals surface area contributed by atoms with E-state index in [4.69, 9.17) is 5.11 Å². The molecule has 1 aliphatic heterocycles. The van der Waals surface area contributed by atoms with Crippen LogP contribution in [0.3, 0.4) is 0 Å². The zero-order chi connectivity index (χ0) is 17.1. The van der Waals surface area contributed by atoms with Gasteiger partial charge in [0.15, 0.2) is 0 Å². The molecule has 0 fully saturated rings. The topological polar surface area (TPSA) is 69.6 Å². The van der Waals surface area contributed by atoms with Crippen molar-refractivity contribution in [2.24, 2.45) is 5.41 Å². The van der Waals surface area contributed by atoms with Gasteiger partial charge in [-0.2, -0.15) is 0 Å². The van der Waals surface area contributed by atoms with E-state index < -0.39 is 10.0 Å². The fraction of sp³-hybridized carbons (Fsp3) is 0.647. The van der Waals surface area contributed by atoms with E-state index >= 15 is 0 Å². The Bertz CT molecular complexity index is 641. The van der Waals surface area contributed by atoms with Crippen LogP contribution in [0, 0.1) is 5.41 Å². The fourth-order valence-corrected chi connectivity index (χ4v) is 4.53. The second-order valence-corrected chi connectivity index (χ2v) is 8.93. The Hall–Kier alpha value is -0.950. The highest BCUT2D eigenvalue weighted by atomic mass is 32.2. The lowest BCUT2D eigenvalue weighted by atomic mass is 9.88. The molecule has 5 nitrogen and oxygen atoms in total. The van der Waals surface area contributed by atoms with Gasteiger partial charge >= 0.3 is 0 Å². The summed E-state index contributed by atoms with van der Waals surface area (Å²) in [6.45, 7) is 6.21. The summed E-state index contributed by atoms with van der Waals surface area (Å²) in [5.41, 5.74) is 1.87. The van der Waals surface area contributed by atoms with Crippen LogP contribution in [0.15, 0.2) is 23.1 Å². The summed E-state index contributed by atoms with van der Waals surface area (Å²) in [4.78, 5) is 2.62. The molecule has 2 rings (SSSR count). The number of hydrogen-bond acceptors (Lipinski definition) is 4. The number of hydrogen-bond donors (Lipinski definition) is 2. The molecule has 0 atom stereocenters. The average molecular weight is 340 g/mol. The van der Waals surface area contributed by atoms with Crippen molar-refractivity contribution in [2.75, 3.05) is 26.7 Å². The SMILES string of the molecule is CN1CCc2c(cccc2S(=O)(=O)NCC(C)(C)CCCO)C1. The van der Waals surface area contributed by atoms with Gasteiger partial charge in [-0.25, -0.2) is 13.1 Å². The number of aliphatic hydroxyl groups is 1. The van der Waals surface area contributed by atoms with E-state index in [1.165, 1.54) is 0 Å². The first-order chi connectivity index (χ1) is 10.7. The third-order valence-electron chi connectivity index (χ3n) is 4.46. The lowest BCUT2D eigenvalue weighted by Crippen LogP contribution is -2.35. The van der Waals surface area contributed by atoms with Crippen molar-refractivity contribution in [3.8, 4) is 0 Å². The van der Waals surface area contributed by atoms with Gasteiger partial charge in [-0.3, -0.25) is 0 Å². The molecule has 1 aromatic carbocycles. The number of nitrogens with one attached hydrogen (secondary N) is 1. The molecule has 0 bridgehead atoms. The first-order valence-corrected chi connectivity index (χ1v) is 9.63. The van der Waals surface area contributed by atoms with Crippen LogP contribution in [0.25, 0.3) is 0 Å². The number of likely N-dealkylation sites (N-methyl/N-ethyl adjacent to an activating group) is 1. The van der Waals surface area contributed by atoms with Gasteiger partial charge in [0.2, 0.25) is 10.0 Å². The van der Waals surface area contributed by atoms with Crippen LogP contribution in [-0.4, -0.2) is 45.2 Å². The van der Waals surface area contributed by atoms with Crippen LogP contribution in [0.4, 0.5) is 0 Å². The van der Waals surface area contributed by atoms with E-state index in [1.807, 2.05) is 33.0 Å². The Kier molecular flexibility index (Phi) is 5.84. The molecule has 23 heavy (non-hydrogen) atoms. The van der Waals surface area contributed by atoms with Crippen LogP contribution < -0.4 is 4.72 Å². The quantitative estimate of drug-likeness (QED) is 0.793. The van der Waals surface area contributed by atoms with Gasteiger partial charge in [-0.05, 0) is 48.9 Å². The molecule has 1 heterocycles. The number of benzene rings is 1. The summed E-state index contributed by atoms with van der Waals surface area (Å²) >= 11 is 0. The van der Waals surface area contributed by atoms with Crippen molar-refractivity contribution in [3.63, 3.8) is 0 Å². The third kappa shape index (κ3) is 4.76. The lowest BCUT2D eigenvalue weighted by molar-refractivity contribution is 0.242. The van der Waals surface area contributed by atoms with Gasteiger partial charge in [-0.15, -0.1) is 0 Å². The molecule has 1 aliphatic rings. The average Bonchev–Trinajstić information content (AvgIpc) is 2.50. The normalized spacial score (nSPS) is 16.3. The van der Waals surface area contributed by atoms with Crippen molar-refractivity contribution in [1.29, 1.82) is 0 Å². The van der Waals surface area contributed by atoms with Crippen LogP contribution in [-0.2, 0) is 23.0 Å². The Morgan fingerprint density at radius 2 is 2.09 bits per heavy atom. The van der Waals surface area contributed by atoms with Gasteiger partial charge in [0.05, 0.1) is 4.90 Å². The van der Waals surface area contributed by atoms with E-state index in [2.05, 4.69) is 9.62 Å². The maximum Gasteiger partial charge on any atom is 0.240 e. The van der Waals surface area contributed by atoms with Crippen LogP contribution >= 0.6 is 0 Å². The molecule has 0 saturated heterocycles. The van der Waals surface area contributed by atoms with Gasteiger partial charge in [-0.1, -0.05) is 26.0 Å². The summed E-state index contributed by atoms with van der Waals surface area (Å²) in [7, 11) is -1.46. The smallest absolute Gasteiger partial charge is 0.240 e. The van der Waals surface area contributed by atoms with Gasteiger partial charge in [0.1, 0.15) is 0 Å². The molecule has 0 aliphatic carbocycles. The van der Waals surface area contributed by atoms with Crippen molar-refractivity contribution in [3.05, 3.63) is 29.3 Å². The minimum atomic E-state index is -3.51. The van der Waals surface area contributed by atoms with Gasteiger partial charge < -0.3 is 10.0 Å². The number of aliphatic hydroxyl groups excluding tert-OH is 1. The van der Waals surface area contributed by atoms with Crippen LogP contribution in [0.5, 0.6) is 0 Å². The molecule has 0 radical (unpaired) electrons. The molecule has 0 amide bonds. The molecular formula is C17H28N2O3S. The lowest BCUT2D eigenvalue weighted by Gasteiger charge is -2.28. The molecule has 6 heteroatoms. The second kappa shape index (κ2) is 7.30. The second-order valence-electron chi connectivity index (χ2n) is 7.20. The van der Waals surface area contributed by atoms with E-state index in [1.54, 1.807) is 6.07 Å². The summed E-state index contributed by atoms with van der Waals surface area (Å²) in [6.07, 6.45) is 2.22. The predicted molar refractivity (Wildman–Crippen MR) is 91.8 cm³/mol. The molecule has 0 spiro atoms. The summed E-state index contributed by atoms with van der Waals surface area (Å²) in [5.74, 6) is 0. The monoisotopic (exact) mass is 340 g/mol. The summed E-state index contributed by atoms with van der Waals surface area (Å²) in [6, 6.07) is 5.53. The summed E-state index contributed by atoms with van der Waals surface area (Å²) in [5, 5.41) is 8.95. The molecule has 130 valence electrons. The molecular weight excluding hydrogens is 312 g/mol. The van der Waals surface area contributed by atoms with Gasteiger partial charge in [0.25, 0.3) is 0 Å². The van der Waals surface area contributed by atoms with E-state index in [0.29, 0.717) is 17.9 Å². The largest absolute Gasteiger partial charge is 0.396 e. The number of fused-ring (bicyclic) bond motifs is 1. The highest BCUT2D eigenvalue weighted by Gasteiger charge is 2.26. The maximum absolute atomic E-state index is 12.7. The number of sulfonamides is 1. The van der Waals surface area contributed by atoms with Crippen molar-refractivity contribution in [2.45, 2.75) is 44.6 Å². The molecule has 1 aromatic rings. The van der Waals surface area contributed by atoms with Crippen LogP contribution in [0.1, 0.15) is 37.8 Å². The minimum Gasteiger partial charge on any atom is -0.396 e. The standard InChI is InChI=1S/C17H28N2O3S/c1-17(2,9-5-11-20)13-18-23(21,22)16-7-4-6-14-12-19(3)10-8-15(14)16/h4,6-7,18,20H,5,8-13H2,1-3H3. The third-order valence-corrected chi connectivity index (χ3v) is 5.94. The zero-order valence-electron chi connectivity index (χ0n) is 14.3. The Morgan fingerprint density at radius 3 is 2.78 bits per heavy atom. The highest BCUT2D eigenvalue weighted by Crippen LogP contribution is 2.26. The Balaban J connectivity index is 2.16. The van der Waals surface area contributed by atoms with Gasteiger partial charge in [0, 0.05) is 26.2 Å². The van der Waals surface area contributed by atoms with Crippen molar-refractivity contribution in [1.82, 2.24) is 9.62 Å². The van der Waals surface area contributed by atoms with Crippen molar-refractivity contribution >= 4 is 10.0 Å². The predicted octanol–water partition coefficient (Wildman–Crippen LogP) is 1.75. The Morgan fingerprint density at radius 1 is 1.35 bits per heavy atom. The van der Waals surface area contributed by atoms with E-state index in [-0.39, 0.29) is 12.0 Å².